The van der Waals surface area contributed by atoms with E-state index in [1.165, 1.54) is 10.9 Å². The molecule has 0 unspecified atom stereocenters. The van der Waals surface area contributed by atoms with Crippen molar-refractivity contribution in [3.63, 3.8) is 0 Å². The van der Waals surface area contributed by atoms with E-state index in [0.717, 1.165) is 17.1 Å². The molecule has 2 aromatic heterocycles. The van der Waals surface area contributed by atoms with Crippen molar-refractivity contribution < 1.29 is 23.2 Å². The van der Waals surface area contributed by atoms with E-state index in [9.17, 15) is 18.6 Å². The minimum Gasteiger partial charge on any atom is -0.505 e. The Balaban J connectivity index is 2.26. The van der Waals surface area contributed by atoms with Crippen LogP contribution in [0.15, 0.2) is 35.7 Å². The number of rotatable bonds is 3. The van der Waals surface area contributed by atoms with Crippen LogP contribution in [0, 0.1) is 13.8 Å². The van der Waals surface area contributed by atoms with E-state index in [0.29, 0.717) is 11.3 Å². The molecule has 0 radical (unpaired) electrons. The van der Waals surface area contributed by atoms with Gasteiger partial charge in [0.2, 0.25) is 0 Å². The molecule has 3 rings (SSSR count). The van der Waals surface area contributed by atoms with Crippen LogP contribution in [0.3, 0.4) is 0 Å². The first kappa shape index (κ1) is 16.0. The van der Waals surface area contributed by atoms with Crippen LogP contribution in [-0.4, -0.2) is 42.7 Å². The van der Waals surface area contributed by atoms with Gasteiger partial charge in [-0.2, -0.15) is 18.6 Å². The number of benzene rings is 1. The summed E-state index contributed by atoms with van der Waals surface area (Å²) in [6.45, 7) is 3.13. The predicted molar refractivity (Wildman–Crippen MR) is 83.3 cm³/mol. The fraction of sp³-hybridized carbons (Fsp3) is 0.143. The number of hydrogen-bond acceptors (Lipinski definition) is 6. The third-order valence-electron chi connectivity index (χ3n) is 3.69. The summed E-state index contributed by atoms with van der Waals surface area (Å²) in [5.41, 5.74) is 1.02. The van der Waals surface area contributed by atoms with Gasteiger partial charge >= 0.3 is 0 Å². The van der Waals surface area contributed by atoms with E-state index in [4.69, 9.17) is 4.55 Å². The molecular weight excluding hydrogens is 336 g/mol. The maximum Gasteiger partial charge on any atom is 0.297 e. The summed E-state index contributed by atoms with van der Waals surface area (Å²) >= 11 is 0. The first-order valence-corrected chi connectivity index (χ1v) is 8.23. The van der Waals surface area contributed by atoms with Gasteiger partial charge in [0.05, 0.1) is 12.4 Å². The predicted octanol–water partition coefficient (Wildman–Crippen LogP) is 1.33. The third-order valence-corrected chi connectivity index (χ3v) is 4.50. The van der Waals surface area contributed by atoms with Crippen LogP contribution in [0.2, 0.25) is 0 Å². The highest BCUT2D eigenvalue weighted by Gasteiger charge is 2.23. The van der Waals surface area contributed by atoms with Gasteiger partial charge < -0.3 is 10.2 Å². The summed E-state index contributed by atoms with van der Waals surface area (Å²) in [7, 11) is -4.42. The van der Waals surface area contributed by atoms with E-state index in [-0.39, 0.29) is 22.7 Å². The van der Waals surface area contributed by atoms with Crippen molar-refractivity contribution in [3.05, 3.63) is 42.0 Å². The van der Waals surface area contributed by atoms with Gasteiger partial charge in [-0.25, -0.2) is 9.36 Å². The molecule has 0 amide bonds. The van der Waals surface area contributed by atoms with Crippen molar-refractivity contribution in [3.8, 4) is 22.9 Å². The highest BCUT2D eigenvalue weighted by atomic mass is 32.2. The fourth-order valence-electron chi connectivity index (χ4n) is 2.46. The summed E-state index contributed by atoms with van der Waals surface area (Å²) in [5.74, 6) is -0.325. The number of phenolic OH excluding ortho intramolecular Hbond substituents is 2. The van der Waals surface area contributed by atoms with Crippen LogP contribution < -0.4 is 0 Å². The van der Waals surface area contributed by atoms with Crippen LogP contribution in [0.5, 0.6) is 11.5 Å². The first-order valence-electron chi connectivity index (χ1n) is 6.79. The molecule has 0 aliphatic rings. The van der Waals surface area contributed by atoms with E-state index in [1.54, 1.807) is 26.1 Å². The molecule has 0 bridgehead atoms. The number of nitrogens with zero attached hydrogens (tertiary/aromatic N) is 4. The van der Waals surface area contributed by atoms with Gasteiger partial charge in [0.1, 0.15) is 27.8 Å². The standard InChI is InChI=1S/C14H14N4O5S/c1-8-11(17-5-3-4-15-17)13(19)9(2)12(14(8)20)18-7-10(6-16-18)24(21,22)23/h3-7,19-20H,1-2H3,(H,21,22,23). The van der Waals surface area contributed by atoms with Crippen molar-refractivity contribution in [2.75, 3.05) is 0 Å². The van der Waals surface area contributed by atoms with Crippen LogP contribution >= 0.6 is 0 Å². The summed E-state index contributed by atoms with van der Waals surface area (Å²) in [6, 6.07) is 1.67. The van der Waals surface area contributed by atoms with Crippen molar-refractivity contribution in [1.29, 1.82) is 0 Å². The average molecular weight is 350 g/mol. The molecule has 1 aromatic carbocycles. The maximum atomic E-state index is 11.2. The van der Waals surface area contributed by atoms with Crippen molar-refractivity contribution >= 4 is 10.1 Å². The minimum absolute atomic E-state index is 0.107. The molecule has 24 heavy (non-hydrogen) atoms. The van der Waals surface area contributed by atoms with Crippen molar-refractivity contribution in [1.82, 2.24) is 19.6 Å². The maximum absolute atomic E-state index is 11.2. The molecule has 9 nitrogen and oxygen atoms in total. The molecule has 3 aromatic rings. The Labute approximate surface area is 137 Å². The Morgan fingerprint density at radius 2 is 1.58 bits per heavy atom. The molecule has 3 N–H and O–H groups in total. The van der Waals surface area contributed by atoms with Gasteiger partial charge in [0.25, 0.3) is 10.1 Å². The first-order chi connectivity index (χ1) is 11.2. The molecule has 0 atom stereocenters. The monoisotopic (exact) mass is 350 g/mol. The molecule has 126 valence electrons. The average Bonchev–Trinajstić information content (AvgIpc) is 3.16. The zero-order chi connectivity index (χ0) is 17.6. The molecule has 10 heteroatoms. The summed E-state index contributed by atoms with van der Waals surface area (Å²) in [6.07, 6.45) is 5.14. The Hall–Kier alpha value is -2.85. The Kier molecular flexibility index (Phi) is 3.57. The molecule has 0 spiro atoms. The van der Waals surface area contributed by atoms with Gasteiger partial charge in [-0.1, -0.05) is 0 Å². The van der Waals surface area contributed by atoms with Gasteiger partial charge in [-0.3, -0.25) is 4.55 Å². The summed E-state index contributed by atoms with van der Waals surface area (Å²) in [5, 5.41) is 28.9. The van der Waals surface area contributed by atoms with Gasteiger partial charge in [-0.05, 0) is 19.9 Å². The van der Waals surface area contributed by atoms with E-state index < -0.39 is 15.0 Å². The van der Waals surface area contributed by atoms with Crippen molar-refractivity contribution in [2.45, 2.75) is 18.7 Å². The van der Waals surface area contributed by atoms with Crippen LogP contribution in [0.1, 0.15) is 11.1 Å². The van der Waals surface area contributed by atoms with Crippen molar-refractivity contribution in [2.24, 2.45) is 0 Å². The van der Waals surface area contributed by atoms with Gasteiger partial charge in [-0.15, -0.1) is 0 Å². The molecule has 0 aliphatic heterocycles. The van der Waals surface area contributed by atoms with Gasteiger partial charge in [0, 0.05) is 23.5 Å². The summed E-state index contributed by atoms with van der Waals surface area (Å²) < 4.78 is 33.9. The Morgan fingerprint density at radius 3 is 2.04 bits per heavy atom. The van der Waals surface area contributed by atoms with Crippen LogP contribution in [0.4, 0.5) is 0 Å². The number of aromatic hydroxyl groups is 2. The SMILES string of the molecule is Cc1c(O)c(-n2cc(S(=O)(=O)O)cn2)c(C)c(O)c1-n1cccn1. The molecule has 2 heterocycles. The topological polar surface area (TPSA) is 130 Å². The highest BCUT2D eigenvalue weighted by molar-refractivity contribution is 7.85. The molecule has 0 fully saturated rings. The largest absolute Gasteiger partial charge is 0.505 e. The van der Waals surface area contributed by atoms with E-state index >= 15 is 0 Å². The van der Waals surface area contributed by atoms with Crippen LogP contribution in [-0.2, 0) is 10.1 Å². The second-order valence-corrected chi connectivity index (χ2v) is 6.61. The smallest absolute Gasteiger partial charge is 0.297 e. The normalized spacial score (nSPS) is 11.8. The second kappa shape index (κ2) is 5.35. The Bertz CT molecular complexity index is 993. The lowest BCUT2D eigenvalue weighted by Crippen LogP contribution is -2.05. The molecule has 0 saturated carbocycles. The number of aromatic nitrogens is 4. The molecule has 0 aliphatic carbocycles. The lowest BCUT2D eigenvalue weighted by atomic mass is 10.0. The minimum atomic E-state index is -4.42. The molecule has 0 saturated heterocycles. The zero-order valence-electron chi connectivity index (χ0n) is 12.7. The zero-order valence-corrected chi connectivity index (χ0v) is 13.6. The van der Waals surface area contributed by atoms with Crippen LogP contribution in [0.25, 0.3) is 11.4 Å². The summed E-state index contributed by atoms with van der Waals surface area (Å²) in [4.78, 5) is -0.422. The Morgan fingerprint density at radius 1 is 1.00 bits per heavy atom. The molecular formula is C14H14N4O5S. The number of hydrogen-bond donors (Lipinski definition) is 3. The highest BCUT2D eigenvalue weighted by Crippen LogP contribution is 2.40. The van der Waals surface area contributed by atoms with E-state index in [2.05, 4.69) is 10.2 Å². The van der Waals surface area contributed by atoms with Gasteiger partial charge in [0.15, 0.2) is 0 Å². The number of phenols is 2. The van der Waals surface area contributed by atoms with E-state index in [1.807, 2.05) is 0 Å². The lowest BCUT2D eigenvalue weighted by Gasteiger charge is -2.17. The fourth-order valence-corrected chi connectivity index (χ4v) is 2.87. The second-order valence-electron chi connectivity index (χ2n) is 5.19. The lowest BCUT2D eigenvalue weighted by molar-refractivity contribution is 0.445. The quantitative estimate of drug-likeness (QED) is 0.480. The third kappa shape index (κ3) is 2.41.